The molecule has 5 heteroatoms. The fraction of sp³-hybridized carbons (Fsp3) is 1.00. The summed E-state index contributed by atoms with van der Waals surface area (Å²) in [5.74, 6) is 0. The highest BCUT2D eigenvalue weighted by atomic mass is 31.2. The lowest BCUT2D eigenvalue weighted by Gasteiger charge is -2.47. The lowest BCUT2D eigenvalue weighted by Crippen LogP contribution is -2.46. The van der Waals surface area contributed by atoms with Crippen molar-refractivity contribution >= 4 is 7.51 Å². The van der Waals surface area contributed by atoms with E-state index in [2.05, 4.69) is 56.1 Å². The summed E-state index contributed by atoms with van der Waals surface area (Å²) in [5.41, 5.74) is 0.103. The van der Waals surface area contributed by atoms with Gasteiger partial charge < -0.3 is 0 Å². The first kappa shape index (κ1) is 15.2. The molecule has 0 radical (unpaired) electrons. The second-order valence-corrected chi connectivity index (χ2v) is 8.56. The molecule has 0 saturated heterocycles. The number of hydrogen-bond donors (Lipinski definition) is 1. The molecule has 17 heavy (non-hydrogen) atoms. The topological polar surface area (TPSA) is 30.9 Å². The summed E-state index contributed by atoms with van der Waals surface area (Å²) in [5, 5.41) is 3.82. The van der Waals surface area contributed by atoms with Gasteiger partial charge in [0.05, 0.1) is 0 Å². The summed E-state index contributed by atoms with van der Waals surface area (Å²) in [6.07, 6.45) is 1.19. The molecule has 1 heterocycles. The van der Waals surface area contributed by atoms with Crippen LogP contribution < -0.4 is 5.09 Å². The predicted molar refractivity (Wildman–Crippen MR) is 77.3 cm³/mol. The number of nitrogens with one attached hydrogen (secondary N) is 1. The average Bonchev–Trinajstić information content (AvgIpc) is 2.22. The van der Waals surface area contributed by atoms with Gasteiger partial charge >= 0.3 is 0 Å². The van der Waals surface area contributed by atoms with Crippen molar-refractivity contribution in [2.24, 2.45) is 4.74 Å². The van der Waals surface area contributed by atoms with Crippen LogP contribution in [-0.4, -0.2) is 48.1 Å². The van der Waals surface area contributed by atoms with Crippen molar-refractivity contribution in [3.05, 3.63) is 0 Å². The summed E-state index contributed by atoms with van der Waals surface area (Å²) < 4.78 is 9.99. The van der Waals surface area contributed by atoms with E-state index >= 15 is 0 Å². The summed E-state index contributed by atoms with van der Waals surface area (Å²) >= 11 is 0. The van der Waals surface area contributed by atoms with Crippen LogP contribution in [0.2, 0.25) is 0 Å². The summed E-state index contributed by atoms with van der Waals surface area (Å²) in [4.78, 5) is 0. The Hall–Kier alpha value is 0.110. The number of nitrogens with zero attached hydrogens (tertiary/aromatic N) is 3. The molecule has 1 N–H and O–H groups in total. The Bertz CT molecular complexity index is 291. The molecule has 4 nitrogen and oxygen atoms in total. The van der Waals surface area contributed by atoms with E-state index in [0.29, 0.717) is 0 Å². The standard InChI is InChI=1S/C12H29N4P/c1-7-16(8-2)17(14-12(3,4)5)13-10-9-11-15(17)6/h14H,7-11H2,1-6H3. The highest BCUT2D eigenvalue weighted by Crippen LogP contribution is 2.54. The zero-order chi connectivity index (χ0) is 13.1. The maximum atomic E-state index is 5.02. The fourth-order valence-corrected chi connectivity index (χ4v) is 6.06. The van der Waals surface area contributed by atoms with Gasteiger partial charge in [0.2, 0.25) is 0 Å². The first-order chi connectivity index (χ1) is 7.85. The quantitative estimate of drug-likeness (QED) is 0.788. The first-order valence-corrected chi connectivity index (χ1v) is 8.35. The molecule has 0 aromatic heterocycles. The van der Waals surface area contributed by atoms with Crippen LogP contribution in [0.1, 0.15) is 41.0 Å². The van der Waals surface area contributed by atoms with E-state index in [1.807, 2.05) is 0 Å². The molecule has 0 spiro atoms. The number of rotatable bonds is 4. The normalized spacial score (nSPS) is 27.2. The lowest BCUT2D eigenvalue weighted by molar-refractivity contribution is 0.379. The molecule has 0 amide bonds. The summed E-state index contributed by atoms with van der Waals surface area (Å²) in [6.45, 7) is 15.4. The minimum Gasteiger partial charge on any atom is -0.261 e. The van der Waals surface area contributed by atoms with E-state index in [4.69, 9.17) is 4.74 Å². The van der Waals surface area contributed by atoms with Crippen molar-refractivity contribution in [1.82, 2.24) is 14.4 Å². The SMILES string of the molecule is CCN(CC)P1(NC(C)(C)C)=NCCCN1C. The van der Waals surface area contributed by atoms with Crippen LogP contribution in [-0.2, 0) is 0 Å². The molecule has 1 aliphatic rings. The molecular weight excluding hydrogens is 231 g/mol. The minimum absolute atomic E-state index is 0.103. The zero-order valence-electron chi connectivity index (χ0n) is 12.3. The van der Waals surface area contributed by atoms with Crippen molar-refractivity contribution in [3.8, 4) is 0 Å². The van der Waals surface area contributed by atoms with Crippen LogP contribution in [0.3, 0.4) is 0 Å². The zero-order valence-corrected chi connectivity index (χ0v) is 13.2. The van der Waals surface area contributed by atoms with Gasteiger partial charge in [0.25, 0.3) is 0 Å². The van der Waals surface area contributed by atoms with E-state index in [1.54, 1.807) is 0 Å². The Morgan fingerprint density at radius 1 is 1.29 bits per heavy atom. The summed E-state index contributed by atoms with van der Waals surface area (Å²) in [6, 6.07) is 0. The van der Waals surface area contributed by atoms with E-state index in [-0.39, 0.29) is 5.54 Å². The maximum Gasteiger partial charge on any atom is 0.165 e. The molecule has 0 bridgehead atoms. The first-order valence-electron chi connectivity index (χ1n) is 6.70. The molecule has 0 aromatic rings. The van der Waals surface area contributed by atoms with Crippen LogP contribution >= 0.6 is 7.51 Å². The average molecular weight is 260 g/mol. The van der Waals surface area contributed by atoms with Gasteiger partial charge in [-0.2, -0.15) is 0 Å². The van der Waals surface area contributed by atoms with Gasteiger partial charge in [0.15, 0.2) is 7.51 Å². The Morgan fingerprint density at radius 2 is 1.88 bits per heavy atom. The molecule has 1 unspecified atom stereocenters. The van der Waals surface area contributed by atoms with Crippen molar-refractivity contribution in [1.29, 1.82) is 0 Å². The monoisotopic (exact) mass is 260 g/mol. The smallest absolute Gasteiger partial charge is 0.165 e. The molecule has 102 valence electrons. The van der Waals surface area contributed by atoms with E-state index < -0.39 is 7.51 Å². The van der Waals surface area contributed by atoms with E-state index in [9.17, 15) is 0 Å². The molecular formula is C12H29N4P. The summed E-state index contributed by atoms with van der Waals surface area (Å²) in [7, 11) is 0.544. The number of hydrogen-bond acceptors (Lipinski definition) is 4. The van der Waals surface area contributed by atoms with Crippen LogP contribution in [0, 0.1) is 0 Å². The van der Waals surface area contributed by atoms with Gasteiger partial charge in [-0.05, 0) is 34.2 Å². The van der Waals surface area contributed by atoms with Crippen molar-refractivity contribution in [2.45, 2.75) is 46.6 Å². The Balaban J connectivity index is 3.12. The second kappa shape index (κ2) is 5.83. The van der Waals surface area contributed by atoms with Gasteiger partial charge in [-0.1, -0.05) is 13.8 Å². The lowest BCUT2D eigenvalue weighted by atomic mass is 10.1. The van der Waals surface area contributed by atoms with Gasteiger partial charge in [0, 0.05) is 31.7 Å². The Labute approximate surface area is 107 Å². The molecule has 0 aliphatic carbocycles. The molecule has 1 atom stereocenters. The van der Waals surface area contributed by atoms with Crippen LogP contribution in [0.15, 0.2) is 4.74 Å². The largest absolute Gasteiger partial charge is 0.261 e. The van der Waals surface area contributed by atoms with E-state index in [0.717, 1.165) is 26.2 Å². The highest BCUT2D eigenvalue weighted by molar-refractivity contribution is 7.59. The van der Waals surface area contributed by atoms with E-state index in [1.165, 1.54) is 6.42 Å². The third-order valence-corrected chi connectivity index (χ3v) is 7.09. The minimum atomic E-state index is -1.67. The second-order valence-electron chi connectivity index (χ2n) is 5.67. The van der Waals surface area contributed by atoms with Gasteiger partial charge in [-0.15, -0.1) is 0 Å². The van der Waals surface area contributed by atoms with Gasteiger partial charge in [-0.25, -0.2) is 9.34 Å². The highest BCUT2D eigenvalue weighted by Gasteiger charge is 2.35. The van der Waals surface area contributed by atoms with Crippen molar-refractivity contribution in [3.63, 3.8) is 0 Å². The maximum absolute atomic E-state index is 5.02. The van der Waals surface area contributed by atoms with Crippen LogP contribution in [0.4, 0.5) is 0 Å². The predicted octanol–water partition coefficient (Wildman–Crippen LogP) is 3.00. The molecule has 0 saturated carbocycles. The molecule has 1 aliphatic heterocycles. The van der Waals surface area contributed by atoms with Crippen LogP contribution in [0.25, 0.3) is 0 Å². The van der Waals surface area contributed by atoms with Crippen molar-refractivity contribution in [2.75, 3.05) is 33.2 Å². The van der Waals surface area contributed by atoms with Crippen LogP contribution in [0.5, 0.6) is 0 Å². The van der Waals surface area contributed by atoms with Gasteiger partial charge in [-0.3, -0.25) is 9.83 Å². The van der Waals surface area contributed by atoms with Crippen molar-refractivity contribution < 1.29 is 0 Å². The fourth-order valence-electron chi connectivity index (χ4n) is 2.32. The van der Waals surface area contributed by atoms with Gasteiger partial charge in [0.1, 0.15) is 0 Å². The molecule has 1 rings (SSSR count). The Kier molecular flexibility index (Phi) is 5.21. The Morgan fingerprint density at radius 3 is 2.29 bits per heavy atom. The molecule has 0 aromatic carbocycles. The molecule has 0 fully saturated rings. The third kappa shape index (κ3) is 3.54. The third-order valence-electron chi connectivity index (χ3n) is 3.02.